The van der Waals surface area contributed by atoms with Gasteiger partial charge in [0.05, 0.1) is 24.9 Å². The lowest BCUT2D eigenvalue weighted by Gasteiger charge is -2.24. The van der Waals surface area contributed by atoms with E-state index >= 15 is 0 Å². The molecule has 1 aromatic carbocycles. The number of ether oxygens (including phenoxy) is 2. The summed E-state index contributed by atoms with van der Waals surface area (Å²) in [4.78, 5) is 4.28. The SMILES string of the molecule is C=C(/C=C(/C)OC)NS(=O)(=O)C1=CCC(C)(/C=N/C(O)Nc2cccc(OC)c2)C=C1. The maximum Gasteiger partial charge on any atom is 0.261 e. The van der Waals surface area contributed by atoms with Crippen LogP contribution in [0.3, 0.4) is 0 Å². The van der Waals surface area contributed by atoms with Crippen LogP contribution in [0.1, 0.15) is 20.3 Å². The summed E-state index contributed by atoms with van der Waals surface area (Å²) in [6.45, 7) is 7.27. The quantitative estimate of drug-likeness (QED) is 0.220. The van der Waals surface area contributed by atoms with Gasteiger partial charge in [-0.1, -0.05) is 31.7 Å². The van der Waals surface area contributed by atoms with Crippen molar-refractivity contribution in [3.63, 3.8) is 0 Å². The van der Waals surface area contributed by atoms with Crippen LogP contribution < -0.4 is 14.8 Å². The van der Waals surface area contributed by atoms with Crippen molar-refractivity contribution in [1.82, 2.24) is 4.72 Å². The van der Waals surface area contributed by atoms with Crippen LogP contribution in [0.25, 0.3) is 0 Å². The molecule has 0 heterocycles. The van der Waals surface area contributed by atoms with Gasteiger partial charge in [-0.2, -0.15) is 0 Å². The molecule has 2 rings (SSSR count). The molecule has 31 heavy (non-hydrogen) atoms. The first-order valence-electron chi connectivity index (χ1n) is 9.53. The molecule has 0 radical (unpaired) electrons. The highest BCUT2D eigenvalue weighted by atomic mass is 32.2. The Hall–Kier alpha value is -3.04. The molecule has 0 spiro atoms. The van der Waals surface area contributed by atoms with E-state index in [1.165, 1.54) is 19.3 Å². The number of hydrogen-bond acceptors (Lipinski definition) is 7. The summed E-state index contributed by atoms with van der Waals surface area (Å²) in [5.74, 6) is 1.19. The van der Waals surface area contributed by atoms with Crippen LogP contribution in [0.2, 0.25) is 0 Å². The Labute approximate surface area is 183 Å². The first kappa shape index (κ1) is 24.2. The number of nitrogens with one attached hydrogen (secondary N) is 2. The van der Waals surface area contributed by atoms with E-state index in [1.54, 1.807) is 56.7 Å². The monoisotopic (exact) mass is 447 g/mol. The van der Waals surface area contributed by atoms with Gasteiger partial charge < -0.3 is 19.9 Å². The van der Waals surface area contributed by atoms with E-state index in [9.17, 15) is 13.5 Å². The molecule has 1 aliphatic carbocycles. The van der Waals surface area contributed by atoms with Crippen LogP contribution >= 0.6 is 0 Å². The highest BCUT2D eigenvalue weighted by Gasteiger charge is 2.25. The van der Waals surface area contributed by atoms with Gasteiger partial charge in [0.1, 0.15) is 5.75 Å². The summed E-state index contributed by atoms with van der Waals surface area (Å²) < 4.78 is 37.6. The Balaban J connectivity index is 2.00. The summed E-state index contributed by atoms with van der Waals surface area (Å²) >= 11 is 0. The van der Waals surface area contributed by atoms with Gasteiger partial charge in [-0.15, -0.1) is 0 Å². The minimum atomic E-state index is -3.76. The normalized spacial score (nSPS) is 20.2. The second-order valence-electron chi connectivity index (χ2n) is 7.27. The van der Waals surface area contributed by atoms with Crippen molar-refractivity contribution in [2.75, 3.05) is 19.5 Å². The van der Waals surface area contributed by atoms with Gasteiger partial charge in [0, 0.05) is 29.1 Å². The number of benzene rings is 1. The molecule has 0 fully saturated rings. The third kappa shape index (κ3) is 7.30. The number of aliphatic imine (C=N–C) groups is 1. The minimum absolute atomic E-state index is 0.137. The summed E-state index contributed by atoms with van der Waals surface area (Å²) in [7, 11) is -0.703. The lowest BCUT2D eigenvalue weighted by atomic mass is 9.85. The van der Waals surface area contributed by atoms with Gasteiger partial charge in [0.25, 0.3) is 10.0 Å². The standard InChI is InChI=1S/C22H29N3O5S/c1-16(13-17(2)29-4)25-31(27,28)20-9-11-22(3,12-10-20)15-23-21(26)24-18-7-6-8-19(14-18)30-5/h6-11,13-15,21,24-26H,1,12H2,2-5H3/b17-13-,23-15+. The molecule has 0 bridgehead atoms. The van der Waals surface area contributed by atoms with E-state index in [0.29, 0.717) is 23.6 Å². The maximum atomic E-state index is 12.5. The molecule has 0 saturated carbocycles. The molecule has 3 N–H and O–H groups in total. The van der Waals surface area contributed by atoms with E-state index in [1.807, 2.05) is 6.92 Å². The van der Waals surface area contributed by atoms with E-state index in [0.717, 1.165) is 0 Å². The molecule has 0 aromatic heterocycles. The highest BCUT2D eigenvalue weighted by molar-refractivity contribution is 7.93. The first-order valence-corrected chi connectivity index (χ1v) is 11.0. The number of allylic oxidation sites excluding steroid dienone is 5. The van der Waals surface area contributed by atoms with E-state index < -0.39 is 21.8 Å². The van der Waals surface area contributed by atoms with Crippen LogP contribution in [0, 0.1) is 5.41 Å². The van der Waals surface area contributed by atoms with Crippen LogP contribution in [0.15, 0.2) is 76.5 Å². The number of rotatable bonds is 10. The van der Waals surface area contributed by atoms with Crippen molar-refractivity contribution in [2.24, 2.45) is 10.4 Å². The molecular formula is C22H29N3O5S. The molecule has 1 aromatic rings. The maximum absolute atomic E-state index is 12.5. The summed E-state index contributed by atoms with van der Waals surface area (Å²) in [6.07, 6.45) is 7.19. The topological polar surface area (TPSA) is 109 Å². The molecule has 0 saturated heterocycles. The predicted molar refractivity (Wildman–Crippen MR) is 123 cm³/mol. The molecule has 1 aliphatic rings. The second-order valence-corrected chi connectivity index (χ2v) is 8.95. The number of sulfonamides is 1. The molecular weight excluding hydrogens is 418 g/mol. The highest BCUT2D eigenvalue weighted by Crippen LogP contribution is 2.29. The van der Waals surface area contributed by atoms with Gasteiger partial charge in [-0.25, -0.2) is 13.4 Å². The van der Waals surface area contributed by atoms with Gasteiger partial charge in [0.2, 0.25) is 6.35 Å². The molecule has 8 nitrogen and oxygen atoms in total. The Morgan fingerprint density at radius 1 is 1.39 bits per heavy atom. The Bertz CT molecular complexity index is 1030. The summed E-state index contributed by atoms with van der Waals surface area (Å²) in [5.41, 5.74) is 0.320. The van der Waals surface area contributed by atoms with Gasteiger partial charge in [-0.05, 0) is 37.6 Å². The predicted octanol–water partition coefficient (Wildman–Crippen LogP) is 3.29. The Kier molecular flexibility index (Phi) is 8.07. The summed E-state index contributed by atoms with van der Waals surface area (Å²) in [5, 5.41) is 13.0. The molecule has 168 valence electrons. The zero-order valence-corrected chi connectivity index (χ0v) is 18.9. The largest absolute Gasteiger partial charge is 0.501 e. The lowest BCUT2D eigenvalue weighted by molar-refractivity contribution is 0.213. The average Bonchev–Trinajstić information content (AvgIpc) is 2.72. The third-order valence-corrected chi connectivity index (χ3v) is 5.98. The molecule has 2 atom stereocenters. The Morgan fingerprint density at radius 3 is 2.74 bits per heavy atom. The molecule has 2 unspecified atom stereocenters. The van der Waals surface area contributed by atoms with Crippen molar-refractivity contribution in [2.45, 2.75) is 26.6 Å². The van der Waals surface area contributed by atoms with Gasteiger partial charge >= 0.3 is 0 Å². The number of aliphatic hydroxyl groups is 1. The van der Waals surface area contributed by atoms with E-state index in [4.69, 9.17) is 9.47 Å². The van der Waals surface area contributed by atoms with Crippen molar-refractivity contribution in [1.29, 1.82) is 0 Å². The van der Waals surface area contributed by atoms with Crippen LogP contribution in [0.5, 0.6) is 5.75 Å². The van der Waals surface area contributed by atoms with E-state index in [-0.39, 0.29) is 10.6 Å². The van der Waals surface area contributed by atoms with Crippen molar-refractivity contribution in [3.8, 4) is 5.75 Å². The fourth-order valence-electron chi connectivity index (χ4n) is 2.73. The van der Waals surface area contributed by atoms with E-state index in [2.05, 4.69) is 21.6 Å². The van der Waals surface area contributed by atoms with Gasteiger partial charge in [-0.3, -0.25) is 4.72 Å². The fourth-order valence-corrected chi connectivity index (χ4v) is 3.80. The zero-order valence-electron chi connectivity index (χ0n) is 18.1. The van der Waals surface area contributed by atoms with Crippen LogP contribution in [-0.2, 0) is 14.8 Å². The third-order valence-electron chi connectivity index (χ3n) is 4.52. The number of hydrogen-bond donors (Lipinski definition) is 3. The zero-order chi connectivity index (χ0) is 23.1. The second kappa shape index (κ2) is 10.3. The number of anilines is 1. The van der Waals surface area contributed by atoms with Crippen molar-refractivity contribution < 1.29 is 23.0 Å². The summed E-state index contributed by atoms with van der Waals surface area (Å²) in [6, 6.07) is 7.12. The first-order chi connectivity index (χ1) is 14.6. The van der Waals surface area contributed by atoms with Crippen molar-refractivity contribution >= 4 is 21.9 Å². The van der Waals surface area contributed by atoms with Crippen molar-refractivity contribution in [3.05, 3.63) is 71.5 Å². The van der Waals surface area contributed by atoms with Gasteiger partial charge in [0.15, 0.2) is 0 Å². The lowest BCUT2D eigenvalue weighted by Crippen LogP contribution is -2.26. The number of methoxy groups -OCH3 is 2. The fraction of sp³-hybridized carbons (Fsp3) is 0.318. The number of nitrogens with zero attached hydrogens (tertiary/aromatic N) is 1. The molecule has 0 amide bonds. The molecule has 0 aliphatic heterocycles. The minimum Gasteiger partial charge on any atom is -0.501 e. The Morgan fingerprint density at radius 2 is 2.13 bits per heavy atom. The molecule has 9 heteroatoms. The van der Waals surface area contributed by atoms with Crippen LogP contribution in [0.4, 0.5) is 5.69 Å². The smallest absolute Gasteiger partial charge is 0.261 e. The van der Waals surface area contributed by atoms with Crippen LogP contribution in [-0.4, -0.2) is 40.3 Å². The number of aliphatic hydroxyl groups excluding tert-OH is 1. The average molecular weight is 448 g/mol.